The lowest BCUT2D eigenvalue weighted by molar-refractivity contribution is -0.133. The van der Waals surface area contributed by atoms with Crippen LogP contribution in [0, 0.1) is 5.82 Å². The second-order valence-corrected chi connectivity index (χ2v) is 7.00. The van der Waals surface area contributed by atoms with Crippen molar-refractivity contribution in [2.75, 3.05) is 19.6 Å². The molecule has 0 spiro atoms. The Balaban J connectivity index is 1.48. The van der Waals surface area contributed by atoms with Crippen molar-refractivity contribution in [1.29, 1.82) is 0 Å². The van der Waals surface area contributed by atoms with Crippen LogP contribution < -0.4 is 5.73 Å². The number of halogens is 1. The van der Waals surface area contributed by atoms with E-state index in [-0.39, 0.29) is 23.7 Å². The van der Waals surface area contributed by atoms with Crippen LogP contribution in [0.4, 0.5) is 4.39 Å². The minimum Gasteiger partial charge on any atom is -0.368 e. The van der Waals surface area contributed by atoms with E-state index in [2.05, 4.69) is 4.90 Å². The zero-order valence-corrected chi connectivity index (χ0v) is 14.5. The summed E-state index contributed by atoms with van der Waals surface area (Å²) in [7, 11) is 0. The number of benzene rings is 1. The number of hydrogen-bond acceptors (Lipinski definition) is 3. The smallest absolute Gasteiger partial charge is 0.234 e. The molecule has 136 valence electrons. The number of primary amides is 1. The van der Waals surface area contributed by atoms with E-state index in [9.17, 15) is 14.0 Å². The minimum absolute atomic E-state index is 0.0783. The highest BCUT2D eigenvalue weighted by atomic mass is 19.1. The Morgan fingerprint density at radius 3 is 2.52 bits per heavy atom. The quantitative estimate of drug-likeness (QED) is 0.882. The van der Waals surface area contributed by atoms with Crippen LogP contribution in [0.1, 0.15) is 37.7 Å². The first-order valence-corrected chi connectivity index (χ1v) is 9.12. The van der Waals surface area contributed by atoms with E-state index in [0.717, 1.165) is 32.2 Å². The van der Waals surface area contributed by atoms with Crippen molar-refractivity contribution < 1.29 is 14.0 Å². The molecule has 0 unspecified atom stereocenters. The van der Waals surface area contributed by atoms with Gasteiger partial charge in [0.05, 0.1) is 6.04 Å². The predicted octanol–water partition coefficient (Wildman–Crippen LogP) is 1.70. The summed E-state index contributed by atoms with van der Waals surface area (Å²) in [5.74, 6) is -0.406. The Hall–Kier alpha value is -1.95. The summed E-state index contributed by atoms with van der Waals surface area (Å²) in [6.07, 6.45) is 4.36. The van der Waals surface area contributed by atoms with Crippen LogP contribution in [-0.4, -0.2) is 53.3 Å². The van der Waals surface area contributed by atoms with Crippen molar-refractivity contribution >= 4 is 11.8 Å². The number of aryl methyl sites for hydroxylation is 1. The fraction of sp³-hybridized carbons (Fsp3) is 0.579. The van der Waals surface area contributed by atoms with E-state index >= 15 is 0 Å². The summed E-state index contributed by atoms with van der Waals surface area (Å²) in [5, 5.41) is 0. The molecule has 0 aliphatic carbocycles. The Bertz CT molecular complexity index is 629. The fourth-order valence-electron chi connectivity index (χ4n) is 4.08. The summed E-state index contributed by atoms with van der Waals surface area (Å²) >= 11 is 0. The summed E-state index contributed by atoms with van der Waals surface area (Å²) in [5.41, 5.74) is 6.09. The van der Waals surface area contributed by atoms with Crippen molar-refractivity contribution in [3.05, 3.63) is 35.6 Å². The summed E-state index contributed by atoms with van der Waals surface area (Å²) < 4.78 is 13.6. The molecule has 5 nitrogen and oxygen atoms in total. The van der Waals surface area contributed by atoms with Gasteiger partial charge in [-0.1, -0.05) is 18.2 Å². The number of nitrogens with two attached hydrogens (primary N) is 1. The second-order valence-electron chi connectivity index (χ2n) is 7.00. The molecule has 25 heavy (non-hydrogen) atoms. The molecular weight excluding hydrogens is 321 g/mol. The lowest BCUT2D eigenvalue weighted by Gasteiger charge is -2.38. The molecule has 2 aliphatic rings. The van der Waals surface area contributed by atoms with Crippen LogP contribution in [0.5, 0.6) is 0 Å². The normalized spacial score (nSPS) is 22.3. The van der Waals surface area contributed by atoms with Crippen molar-refractivity contribution in [1.82, 2.24) is 9.80 Å². The Labute approximate surface area is 148 Å². The highest BCUT2D eigenvalue weighted by Gasteiger charge is 2.36. The van der Waals surface area contributed by atoms with Gasteiger partial charge in [0.2, 0.25) is 11.8 Å². The maximum Gasteiger partial charge on any atom is 0.234 e. The van der Waals surface area contributed by atoms with Crippen LogP contribution in [0.2, 0.25) is 0 Å². The van der Waals surface area contributed by atoms with Crippen LogP contribution in [0.3, 0.4) is 0 Å². The Morgan fingerprint density at radius 2 is 1.84 bits per heavy atom. The molecule has 1 aromatic carbocycles. The zero-order chi connectivity index (χ0) is 17.8. The third-order valence-electron chi connectivity index (χ3n) is 5.47. The molecular formula is C19H26FN3O2. The van der Waals surface area contributed by atoms with Gasteiger partial charge in [0.1, 0.15) is 5.82 Å². The first-order chi connectivity index (χ1) is 12.1. The molecule has 2 fully saturated rings. The van der Waals surface area contributed by atoms with Crippen molar-refractivity contribution in [3.63, 3.8) is 0 Å². The van der Waals surface area contributed by atoms with Crippen molar-refractivity contribution in [2.45, 2.75) is 50.6 Å². The number of carbonyl (C=O) groups excluding carboxylic acids is 2. The molecule has 6 heteroatoms. The Kier molecular flexibility index (Phi) is 5.68. The molecule has 2 N–H and O–H groups in total. The number of hydrogen-bond donors (Lipinski definition) is 1. The molecule has 0 bridgehead atoms. The average Bonchev–Trinajstić information content (AvgIpc) is 3.11. The van der Waals surface area contributed by atoms with Crippen molar-refractivity contribution in [2.24, 2.45) is 5.73 Å². The molecule has 1 atom stereocenters. The SMILES string of the molecule is NC(=O)[C@H]1CCCN1C1CCN(C(=O)CCc2ccccc2F)CC1. The van der Waals surface area contributed by atoms with E-state index in [0.29, 0.717) is 37.5 Å². The van der Waals surface area contributed by atoms with E-state index in [1.807, 2.05) is 4.90 Å². The molecule has 2 aliphatic heterocycles. The molecule has 0 saturated carbocycles. The van der Waals surface area contributed by atoms with Gasteiger partial charge in [-0.15, -0.1) is 0 Å². The number of nitrogens with zero attached hydrogens (tertiary/aromatic N) is 2. The summed E-state index contributed by atoms with van der Waals surface area (Å²) in [6.45, 7) is 2.31. The van der Waals surface area contributed by atoms with Gasteiger partial charge < -0.3 is 10.6 Å². The maximum atomic E-state index is 13.6. The van der Waals surface area contributed by atoms with Gasteiger partial charge in [-0.2, -0.15) is 0 Å². The first kappa shape index (κ1) is 17.9. The number of amides is 2. The number of likely N-dealkylation sites (tertiary alicyclic amines) is 2. The molecule has 2 saturated heterocycles. The highest BCUT2D eigenvalue weighted by Crippen LogP contribution is 2.26. The zero-order valence-electron chi connectivity index (χ0n) is 14.5. The van der Waals surface area contributed by atoms with E-state index < -0.39 is 0 Å². The van der Waals surface area contributed by atoms with E-state index in [1.54, 1.807) is 18.2 Å². The van der Waals surface area contributed by atoms with Crippen LogP contribution in [0.15, 0.2) is 24.3 Å². The van der Waals surface area contributed by atoms with E-state index in [1.165, 1.54) is 6.07 Å². The molecule has 1 aromatic rings. The lowest BCUT2D eigenvalue weighted by atomic mass is 10.0. The average molecular weight is 347 g/mol. The number of carbonyl (C=O) groups is 2. The third-order valence-corrected chi connectivity index (χ3v) is 5.47. The molecule has 0 aromatic heterocycles. The molecule has 0 radical (unpaired) electrons. The van der Waals surface area contributed by atoms with Crippen LogP contribution in [-0.2, 0) is 16.0 Å². The number of piperidine rings is 1. The third kappa shape index (κ3) is 4.18. The fourth-order valence-corrected chi connectivity index (χ4v) is 4.08. The highest BCUT2D eigenvalue weighted by molar-refractivity contribution is 5.80. The van der Waals surface area contributed by atoms with Gasteiger partial charge in [0.15, 0.2) is 0 Å². The lowest BCUT2D eigenvalue weighted by Crippen LogP contribution is -2.51. The summed E-state index contributed by atoms with van der Waals surface area (Å²) in [6, 6.07) is 6.79. The topological polar surface area (TPSA) is 66.6 Å². The van der Waals surface area contributed by atoms with Crippen LogP contribution in [0.25, 0.3) is 0 Å². The van der Waals surface area contributed by atoms with Gasteiger partial charge in [-0.05, 0) is 50.3 Å². The van der Waals surface area contributed by atoms with Crippen LogP contribution >= 0.6 is 0 Å². The van der Waals surface area contributed by atoms with Gasteiger partial charge >= 0.3 is 0 Å². The second kappa shape index (κ2) is 7.95. The standard InChI is InChI=1S/C19H26FN3O2/c20-16-5-2-1-4-14(16)7-8-18(24)22-12-9-15(10-13-22)23-11-3-6-17(23)19(21)25/h1-2,4-5,15,17H,3,6-13H2,(H2,21,25)/t17-/m1/s1. The van der Waals surface area contributed by atoms with E-state index in [4.69, 9.17) is 5.73 Å². The predicted molar refractivity (Wildman–Crippen MR) is 93.2 cm³/mol. The molecule has 2 heterocycles. The van der Waals surface area contributed by atoms with Gasteiger partial charge in [-0.3, -0.25) is 14.5 Å². The largest absolute Gasteiger partial charge is 0.368 e. The van der Waals surface area contributed by atoms with Gasteiger partial charge in [0, 0.05) is 25.6 Å². The minimum atomic E-state index is -0.250. The first-order valence-electron chi connectivity index (χ1n) is 9.12. The molecule has 3 rings (SSSR count). The monoisotopic (exact) mass is 347 g/mol. The summed E-state index contributed by atoms with van der Waals surface area (Å²) in [4.78, 5) is 28.1. The molecule has 2 amide bonds. The van der Waals surface area contributed by atoms with Gasteiger partial charge in [-0.25, -0.2) is 4.39 Å². The van der Waals surface area contributed by atoms with Crippen molar-refractivity contribution in [3.8, 4) is 0 Å². The Morgan fingerprint density at radius 1 is 1.12 bits per heavy atom. The maximum absolute atomic E-state index is 13.6. The van der Waals surface area contributed by atoms with Gasteiger partial charge in [0.25, 0.3) is 0 Å². The number of rotatable bonds is 5.